The summed E-state index contributed by atoms with van der Waals surface area (Å²) in [4.78, 5) is 30.3. The molecule has 6 aromatic rings. The Hall–Kier alpha value is -5.02. The van der Waals surface area contributed by atoms with Gasteiger partial charge in [0, 0.05) is 42.2 Å². The summed E-state index contributed by atoms with van der Waals surface area (Å²) < 4.78 is 18.1. The van der Waals surface area contributed by atoms with Crippen LogP contribution in [0.5, 0.6) is 0 Å². The highest BCUT2D eigenvalue weighted by Crippen LogP contribution is 2.30. The van der Waals surface area contributed by atoms with Gasteiger partial charge in [0.15, 0.2) is 0 Å². The first-order valence-corrected chi connectivity index (χ1v) is 11.9. The van der Waals surface area contributed by atoms with Gasteiger partial charge in [-0.2, -0.15) is 0 Å². The maximum atomic E-state index is 13.6. The topological polar surface area (TPSA) is 93.6 Å². The molecule has 2 N–H and O–H groups in total. The lowest BCUT2D eigenvalue weighted by Gasteiger charge is -2.17. The maximum absolute atomic E-state index is 13.6. The van der Waals surface area contributed by atoms with Crippen molar-refractivity contribution in [2.24, 2.45) is 7.05 Å². The molecule has 0 aliphatic rings. The number of aliphatic hydroxyl groups excluding tert-OH is 1. The number of halogens is 1. The van der Waals surface area contributed by atoms with Crippen molar-refractivity contribution in [1.82, 2.24) is 18.5 Å². The van der Waals surface area contributed by atoms with E-state index < -0.39 is 5.82 Å². The largest absolute Gasteiger partial charge is 0.392 e. The second-order valence-corrected chi connectivity index (χ2v) is 8.94. The molecule has 8 nitrogen and oxygen atoms in total. The third-order valence-corrected chi connectivity index (χ3v) is 6.60. The Morgan fingerprint density at radius 2 is 1.79 bits per heavy atom. The van der Waals surface area contributed by atoms with Crippen LogP contribution in [-0.2, 0) is 13.7 Å². The first-order chi connectivity index (χ1) is 18.4. The number of aliphatic hydroxyl groups is 1. The Bertz CT molecular complexity index is 1950. The minimum Gasteiger partial charge on any atom is -0.392 e. The molecule has 4 heterocycles. The number of aryl methyl sites for hydroxylation is 1. The first-order valence-electron chi connectivity index (χ1n) is 11.9. The van der Waals surface area contributed by atoms with Crippen LogP contribution in [0.25, 0.3) is 33.2 Å². The van der Waals surface area contributed by atoms with Gasteiger partial charge >= 0.3 is 0 Å². The molecular formula is C29H22FN5O3. The molecule has 0 saturated heterocycles. The number of para-hydroxylation sites is 1. The molecule has 0 aliphatic carbocycles. The molecule has 38 heavy (non-hydrogen) atoms. The Morgan fingerprint density at radius 1 is 0.947 bits per heavy atom. The minimum atomic E-state index is -0.483. The fraction of sp³-hybridized carbons (Fsp3) is 0.0690. The molecule has 0 bridgehead atoms. The molecule has 0 spiro atoms. The number of anilines is 2. The van der Waals surface area contributed by atoms with Crippen LogP contribution in [0.4, 0.5) is 15.9 Å². The Kier molecular flexibility index (Phi) is 5.62. The van der Waals surface area contributed by atoms with E-state index in [9.17, 15) is 19.1 Å². The van der Waals surface area contributed by atoms with Gasteiger partial charge < -0.3 is 19.4 Å². The Balaban J connectivity index is 1.49. The summed E-state index contributed by atoms with van der Waals surface area (Å²) in [5, 5.41) is 14.3. The average Bonchev–Trinajstić information content (AvgIpc) is 3.32. The van der Waals surface area contributed by atoms with Crippen molar-refractivity contribution < 1.29 is 9.50 Å². The lowest BCUT2D eigenvalue weighted by atomic mass is 9.99. The summed E-state index contributed by atoms with van der Waals surface area (Å²) >= 11 is 0. The highest BCUT2D eigenvalue weighted by atomic mass is 19.1. The van der Waals surface area contributed by atoms with Crippen molar-refractivity contribution >= 4 is 27.9 Å². The lowest BCUT2D eigenvalue weighted by molar-refractivity contribution is 0.282. The van der Waals surface area contributed by atoms with Crippen molar-refractivity contribution in [3.05, 3.63) is 124 Å². The summed E-state index contributed by atoms with van der Waals surface area (Å²) in [5.74, 6) is -0.167. The van der Waals surface area contributed by atoms with Gasteiger partial charge in [0.25, 0.3) is 11.1 Å². The van der Waals surface area contributed by atoms with E-state index in [-0.39, 0.29) is 23.4 Å². The molecule has 0 fully saturated rings. The van der Waals surface area contributed by atoms with E-state index in [4.69, 9.17) is 0 Å². The molecule has 6 rings (SSSR count). The second-order valence-electron chi connectivity index (χ2n) is 8.94. The van der Waals surface area contributed by atoms with E-state index in [0.717, 1.165) is 17.1 Å². The monoisotopic (exact) mass is 507 g/mol. The van der Waals surface area contributed by atoms with Crippen LogP contribution in [0.15, 0.2) is 101 Å². The Morgan fingerprint density at radius 3 is 2.58 bits per heavy atom. The minimum absolute atomic E-state index is 0.222. The number of fused-ring (bicyclic) bond motifs is 3. The molecule has 4 aromatic heterocycles. The number of benzene rings is 2. The molecule has 0 amide bonds. The molecular weight excluding hydrogens is 485 g/mol. The predicted molar refractivity (Wildman–Crippen MR) is 145 cm³/mol. The molecule has 188 valence electrons. The highest BCUT2D eigenvalue weighted by molar-refractivity contribution is 5.87. The zero-order valence-corrected chi connectivity index (χ0v) is 20.3. The van der Waals surface area contributed by atoms with Crippen LogP contribution in [0.3, 0.4) is 0 Å². The zero-order chi connectivity index (χ0) is 26.4. The van der Waals surface area contributed by atoms with Crippen LogP contribution in [0.1, 0.15) is 5.56 Å². The van der Waals surface area contributed by atoms with Crippen LogP contribution in [-0.4, -0.2) is 23.6 Å². The Labute approximate surface area is 215 Å². The van der Waals surface area contributed by atoms with Gasteiger partial charge in [-0.1, -0.05) is 30.3 Å². The number of pyridine rings is 2. The fourth-order valence-corrected chi connectivity index (χ4v) is 4.79. The molecule has 0 aliphatic heterocycles. The van der Waals surface area contributed by atoms with Gasteiger partial charge in [0.1, 0.15) is 22.8 Å². The standard InChI is InChI=1S/C29H22FN5O3/c1-33-16-19(13-23(28(33)37)32-27-10-9-20(30)15-31-27)21-6-4-8-25(22(21)17-36)35-12-11-34-24-7-3-2-5-18(24)14-26(34)29(35)38/h2-16,36H,17H2,1H3,(H,31,32). The second kappa shape index (κ2) is 9.13. The SMILES string of the molecule is Cn1cc(-c2cccc(-n3ccn4c(cc5ccccc54)c3=O)c2CO)cc(Nc2ccc(F)cn2)c1=O. The van der Waals surface area contributed by atoms with Crippen LogP contribution in [0, 0.1) is 5.82 Å². The van der Waals surface area contributed by atoms with E-state index in [0.29, 0.717) is 33.7 Å². The third-order valence-electron chi connectivity index (χ3n) is 6.60. The number of aromatic nitrogens is 4. The number of hydrogen-bond donors (Lipinski definition) is 2. The van der Waals surface area contributed by atoms with E-state index in [2.05, 4.69) is 10.3 Å². The van der Waals surface area contributed by atoms with E-state index in [1.807, 2.05) is 47.0 Å². The van der Waals surface area contributed by atoms with Crippen LogP contribution >= 0.6 is 0 Å². The third kappa shape index (κ3) is 3.86. The van der Waals surface area contributed by atoms with Crippen LogP contribution in [0.2, 0.25) is 0 Å². The maximum Gasteiger partial charge on any atom is 0.279 e. The van der Waals surface area contributed by atoms with Crippen molar-refractivity contribution in [3.63, 3.8) is 0 Å². The average molecular weight is 508 g/mol. The summed E-state index contributed by atoms with van der Waals surface area (Å²) in [6.07, 6.45) is 6.24. The van der Waals surface area contributed by atoms with Gasteiger partial charge in [0.2, 0.25) is 0 Å². The van der Waals surface area contributed by atoms with Gasteiger partial charge in [0.05, 0.1) is 24.0 Å². The number of nitrogens with one attached hydrogen (secondary N) is 1. The van der Waals surface area contributed by atoms with Gasteiger partial charge in [-0.25, -0.2) is 9.37 Å². The van der Waals surface area contributed by atoms with Gasteiger partial charge in [-0.05, 0) is 42.0 Å². The van der Waals surface area contributed by atoms with Crippen molar-refractivity contribution in [2.45, 2.75) is 6.61 Å². The van der Waals surface area contributed by atoms with Crippen LogP contribution < -0.4 is 16.4 Å². The quantitative estimate of drug-likeness (QED) is 0.361. The normalized spacial score (nSPS) is 11.3. The fourth-order valence-electron chi connectivity index (χ4n) is 4.79. The summed E-state index contributed by atoms with van der Waals surface area (Å²) in [5.41, 5.74) is 3.52. The summed E-state index contributed by atoms with van der Waals surface area (Å²) in [6.45, 7) is -0.336. The molecule has 9 heteroatoms. The number of hydrogen-bond acceptors (Lipinski definition) is 5. The van der Waals surface area contributed by atoms with Gasteiger partial charge in [-0.3, -0.25) is 14.2 Å². The van der Waals surface area contributed by atoms with Gasteiger partial charge in [-0.15, -0.1) is 0 Å². The number of nitrogens with zero attached hydrogens (tertiary/aromatic N) is 4. The highest BCUT2D eigenvalue weighted by Gasteiger charge is 2.16. The predicted octanol–water partition coefficient (Wildman–Crippen LogP) is 4.38. The zero-order valence-electron chi connectivity index (χ0n) is 20.3. The van der Waals surface area contributed by atoms with Crippen molar-refractivity contribution in [2.75, 3.05) is 5.32 Å². The van der Waals surface area contributed by atoms with Crippen molar-refractivity contribution in [1.29, 1.82) is 0 Å². The lowest BCUT2D eigenvalue weighted by Crippen LogP contribution is -2.21. The molecule has 0 unspecified atom stereocenters. The molecule has 0 atom stereocenters. The number of rotatable bonds is 5. The smallest absolute Gasteiger partial charge is 0.279 e. The van der Waals surface area contributed by atoms with E-state index >= 15 is 0 Å². The first kappa shape index (κ1) is 23.4. The van der Waals surface area contributed by atoms with E-state index in [1.54, 1.807) is 37.6 Å². The molecule has 0 radical (unpaired) electrons. The van der Waals surface area contributed by atoms with E-state index in [1.165, 1.54) is 21.3 Å². The van der Waals surface area contributed by atoms with Crippen molar-refractivity contribution in [3.8, 4) is 16.8 Å². The summed E-state index contributed by atoms with van der Waals surface area (Å²) in [6, 6.07) is 19.4. The molecule has 0 saturated carbocycles. The summed E-state index contributed by atoms with van der Waals surface area (Å²) in [7, 11) is 1.62. The molecule has 2 aromatic carbocycles.